The number of nitrogens with one attached hydrogen (secondary N) is 1. The molecule has 0 saturated heterocycles. The Balaban J connectivity index is 1.84. The highest BCUT2D eigenvalue weighted by Crippen LogP contribution is 2.18. The second-order valence-electron chi connectivity index (χ2n) is 4.81. The van der Waals surface area contributed by atoms with E-state index in [-0.39, 0.29) is 0 Å². The molecule has 19 heavy (non-hydrogen) atoms. The number of nitrogens with zero attached hydrogens (tertiary/aromatic N) is 2. The Hall–Kier alpha value is -2.29. The van der Waals surface area contributed by atoms with Crippen molar-refractivity contribution in [2.24, 2.45) is 7.05 Å². The standard InChI is InChI=1S/C16H17N3/c1-12-7-9-13(10-8-12)17-11-15-14-5-3-4-6-16(14)19(2)18-15/h3-10,17H,11H2,1-2H3. The zero-order valence-electron chi connectivity index (χ0n) is 11.2. The third-order valence-corrected chi connectivity index (χ3v) is 3.35. The summed E-state index contributed by atoms with van der Waals surface area (Å²) in [5.41, 5.74) is 4.65. The molecule has 1 N–H and O–H groups in total. The first-order chi connectivity index (χ1) is 9.24. The molecule has 0 bridgehead atoms. The molecule has 0 radical (unpaired) electrons. The third-order valence-electron chi connectivity index (χ3n) is 3.35. The van der Waals surface area contributed by atoms with E-state index in [1.54, 1.807) is 0 Å². The molecule has 1 heterocycles. The summed E-state index contributed by atoms with van der Waals surface area (Å²) in [7, 11) is 1.98. The van der Waals surface area contributed by atoms with Crippen molar-refractivity contribution in [3.05, 3.63) is 59.8 Å². The van der Waals surface area contributed by atoms with Gasteiger partial charge < -0.3 is 5.32 Å². The van der Waals surface area contributed by atoms with Gasteiger partial charge >= 0.3 is 0 Å². The van der Waals surface area contributed by atoms with Crippen molar-refractivity contribution in [2.45, 2.75) is 13.5 Å². The smallest absolute Gasteiger partial charge is 0.0894 e. The van der Waals surface area contributed by atoms with Gasteiger partial charge in [0.05, 0.1) is 17.8 Å². The van der Waals surface area contributed by atoms with Crippen LogP contribution in [0.2, 0.25) is 0 Å². The van der Waals surface area contributed by atoms with Gasteiger partial charge in [-0.2, -0.15) is 5.10 Å². The molecule has 0 aliphatic rings. The number of rotatable bonds is 3. The SMILES string of the molecule is Cc1ccc(NCc2nn(C)c3ccccc23)cc1. The average Bonchev–Trinajstić information content (AvgIpc) is 2.76. The fraction of sp³-hybridized carbons (Fsp3) is 0.188. The van der Waals surface area contributed by atoms with Crippen LogP contribution in [0.3, 0.4) is 0 Å². The molecule has 0 unspecified atom stereocenters. The fourth-order valence-corrected chi connectivity index (χ4v) is 2.28. The van der Waals surface area contributed by atoms with Crippen LogP contribution < -0.4 is 5.32 Å². The minimum atomic E-state index is 0.740. The molecule has 0 aliphatic heterocycles. The third kappa shape index (κ3) is 2.32. The Labute approximate surface area is 112 Å². The van der Waals surface area contributed by atoms with Crippen molar-refractivity contribution in [3.63, 3.8) is 0 Å². The maximum Gasteiger partial charge on any atom is 0.0894 e. The highest BCUT2D eigenvalue weighted by molar-refractivity contribution is 5.82. The van der Waals surface area contributed by atoms with E-state index >= 15 is 0 Å². The van der Waals surface area contributed by atoms with Gasteiger partial charge in [0.15, 0.2) is 0 Å². The molecule has 0 aliphatic carbocycles. The van der Waals surface area contributed by atoms with Crippen LogP contribution in [0.5, 0.6) is 0 Å². The van der Waals surface area contributed by atoms with Crippen molar-refractivity contribution < 1.29 is 0 Å². The van der Waals surface area contributed by atoms with Gasteiger partial charge in [0.25, 0.3) is 0 Å². The number of hydrogen-bond acceptors (Lipinski definition) is 2. The van der Waals surface area contributed by atoms with Gasteiger partial charge in [-0.3, -0.25) is 4.68 Å². The van der Waals surface area contributed by atoms with E-state index in [9.17, 15) is 0 Å². The zero-order chi connectivity index (χ0) is 13.2. The predicted molar refractivity (Wildman–Crippen MR) is 79.2 cm³/mol. The molecule has 0 saturated carbocycles. The number of anilines is 1. The summed E-state index contributed by atoms with van der Waals surface area (Å²) in [4.78, 5) is 0. The largest absolute Gasteiger partial charge is 0.379 e. The average molecular weight is 251 g/mol. The topological polar surface area (TPSA) is 29.9 Å². The van der Waals surface area contributed by atoms with E-state index in [0.717, 1.165) is 17.9 Å². The minimum Gasteiger partial charge on any atom is -0.379 e. The van der Waals surface area contributed by atoms with E-state index in [4.69, 9.17) is 0 Å². The molecule has 2 aromatic carbocycles. The molecule has 3 rings (SSSR count). The Morgan fingerprint density at radius 2 is 1.79 bits per heavy atom. The maximum atomic E-state index is 4.58. The molecular weight excluding hydrogens is 234 g/mol. The highest BCUT2D eigenvalue weighted by Gasteiger charge is 2.06. The second kappa shape index (κ2) is 4.76. The first kappa shape index (κ1) is 11.8. The Kier molecular flexibility index (Phi) is 2.95. The van der Waals surface area contributed by atoms with Gasteiger partial charge in [-0.1, -0.05) is 35.9 Å². The van der Waals surface area contributed by atoms with Crippen LogP contribution in [0, 0.1) is 6.92 Å². The zero-order valence-corrected chi connectivity index (χ0v) is 11.2. The molecule has 0 fully saturated rings. The maximum absolute atomic E-state index is 4.58. The van der Waals surface area contributed by atoms with E-state index < -0.39 is 0 Å². The van der Waals surface area contributed by atoms with Crippen LogP contribution in [-0.2, 0) is 13.6 Å². The number of aromatic nitrogens is 2. The Bertz CT molecular complexity index is 696. The summed E-state index contributed by atoms with van der Waals surface area (Å²) in [5.74, 6) is 0. The van der Waals surface area contributed by atoms with Crippen LogP contribution in [0.1, 0.15) is 11.3 Å². The molecule has 1 aromatic heterocycles. The Morgan fingerprint density at radius 1 is 1.05 bits per heavy atom. The summed E-state index contributed by atoms with van der Waals surface area (Å²) >= 11 is 0. The van der Waals surface area contributed by atoms with Crippen LogP contribution >= 0.6 is 0 Å². The summed E-state index contributed by atoms with van der Waals surface area (Å²) in [6.45, 7) is 2.83. The number of aryl methyl sites for hydroxylation is 2. The van der Waals surface area contributed by atoms with Gasteiger partial charge in [0.1, 0.15) is 0 Å². The van der Waals surface area contributed by atoms with Crippen LogP contribution in [0.25, 0.3) is 10.9 Å². The summed E-state index contributed by atoms with van der Waals surface area (Å²) < 4.78 is 1.93. The lowest BCUT2D eigenvalue weighted by atomic mass is 10.2. The lowest BCUT2D eigenvalue weighted by Gasteiger charge is -2.04. The normalized spacial score (nSPS) is 10.8. The van der Waals surface area contributed by atoms with Crippen molar-refractivity contribution in [2.75, 3.05) is 5.32 Å². The number of para-hydroxylation sites is 1. The van der Waals surface area contributed by atoms with Crippen molar-refractivity contribution >= 4 is 16.6 Å². The van der Waals surface area contributed by atoms with Crippen molar-refractivity contribution in [1.82, 2.24) is 9.78 Å². The number of hydrogen-bond donors (Lipinski definition) is 1. The van der Waals surface area contributed by atoms with E-state index in [2.05, 4.69) is 59.8 Å². The molecule has 0 amide bonds. The van der Waals surface area contributed by atoms with Crippen LogP contribution in [-0.4, -0.2) is 9.78 Å². The van der Waals surface area contributed by atoms with Gasteiger partial charge in [-0.05, 0) is 25.1 Å². The summed E-state index contributed by atoms with van der Waals surface area (Å²) in [5, 5.41) is 9.21. The second-order valence-corrected chi connectivity index (χ2v) is 4.81. The Morgan fingerprint density at radius 3 is 2.58 bits per heavy atom. The molecular formula is C16H17N3. The predicted octanol–water partition coefficient (Wildman–Crippen LogP) is 3.49. The number of benzene rings is 2. The van der Waals surface area contributed by atoms with Gasteiger partial charge in [0, 0.05) is 18.1 Å². The fourth-order valence-electron chi connectivity index (χ4n) is 2.28. The first-order valence-corrected chi connectivity index (χ1v) is 6.45. The summed E-state index contributed by atoms with van der Waals surface area (Å²) in [6.07, 6.45) is 0. The minimum absolute atomic E-state index is 0.740. The lowest BCUT2D eigenvalue weighted by Crippen LogP contribution is -2.01. The van der Waals surface area contributed by atoms with Crippen LogP contribution in [0.4, 0.5) is 5.69 Å². The van der Waals surface area contributed by atoms with Crippen molar-refractivity contribution in [3.8, 4) is 0 Å². The van der Waals surface area contributed by atoms with Crippen LogP contribution in [0.15, 0.2) is 48.5 Å². The molecule has 0 spiro atoms. The highest BCUT2D eigenvalue weighted by atomic mass is 15.3. The molecule has 3 heteroatoms. The van der Waals surface area contributed by atoms with E-state index in [0.29, 0.717) is 0 Å². The monoisotopic (exact) mass is 251 g/mol. The van der Waals surface area contributed by atoms with Crippen molar-refractivity contribution in [1.29, 1.82) is 0 Å². The quantitative estimate of drug-likeness (QED) is 0.772. The molecule has 3 nitrogen and oxygen atoms in total. The lowest BCUT2D eigenvalue weighted by molar-refractivity contribution is 0.771. The summed E-state index contributed by atoms with van der Waals surface area (Å²) in [6, 6.07) is 16.7. The van der Waals surface area contributed by atoms with E-state index in [1.165, 1.54) is 16.5 Å². The van der Waals surface area contributed by atoms with Gasteiger partial charge in [-0.25, -0.2) is 0 Å². The van der Waals surface area contributed by atoms with E-state index in [1.807, 2.05) is 17.8 Å². The number of fused-ring (bicyclic) bond motifs is 1. The molecule has 96 valence electrons. The molecule has 3 aromatic rings. The van der Waals surface area contributed by atoms with Gasteiger partial charge in [0.2, 0.25) is 0 Å². The van der Waals surface area contributed by atoms with Gasteiger partial charge in [-0.15, -0.1) is 0 Å². The molecule has 0 atom stereocenters. The first-order valence-electron chi connectivity index (χ1n) is 6.45.